The van der Waals surface area contributed by atoms with Crippen LogP contribution in [0, 0.1) is 16.7 Å². The Morgan fingerprint density at radius 2 is 1.90 bits per heavy atom. The van der Waals surface area contributed by atoms with Crippen molar-refractivity contribution in [3.05, 3.63) is 12.7 Å². The van der Waals surface area contributed by atoms with E-state index in [2.05, 4.69) is 25.7 Å². The van der Waals surface area contributed by atoms with Crippen molar-refractivity contribution in [2.75, 3.05) is 0 Å². The molecule has 3 N–H and O–H groups in total. The van der Waals surface area contributed by atoms with Crippen LogP contribution in [0.5, 0.6) is 0 Å². The Bertz CT molecular complexity index is 426. The molecule has 0 heterocycles. The van der Waals surface area contributed by atoms with Gasteiger partial charge in [0.1, 0.15) is 0 Å². The zero-order valence-electron chi connectivity index (χ0n) is 12.9. The van der Waals surface area contributed by atoms with Gasteiger partial charge in [-0.3, -0.25) is 4.79 Å². The lowest BCUT2D eigenvalue weighted by Crippen LogP contribution is -2.66. The predicted octanol–water partition coefficient (Wildman–Crippen LogP) is 2.76. The molecule has 0 aromatic carbocycles. The Morgan fingerprint density at radius 3 is 2.40 bits per heavy atom. The Balaban J connectivity index is 1.79. The molecule has 0 spiro atoms. The first-order chi connectivity index (χ1) is 9.27. The van der Waals surface area contributed by atoms with Crippen LogP contribution in [0.4, 0.5) is 0 Å². The van der Waals surface area contributed by atoms with Crippen molar-refractivity contribution < 1.29 is 4.79 Å². The highest BCUT2D eigenvalue weighted by atomic mass is 16.2. The monoisotopic (exact) mass is 276 g/mol. The van der Waals surface area contributed by atoms with Gasteiger partial charge in [-0.2, -0.15) is 0 Å². The Kier molecular flexibility index (Phi) is 3.06. The molecule has 20 heavy (non-hydrogen) atoms. The molecule has 0 radical (unpaired) electrons. The van der Waals surface area contributed by atoms with Gasteiger partial charge >= 0.3 is 0 Å². The van der Waals surface area contributed by atoms with Crippen molar-refractivity contribution in [2.45, 2.75) is 70.4 Å². The van der Waals surface area contributed by atoms with Crippen molar-refractivity contribution in [1.82, 2.24) is 5.32 Å². The fraction of sp³-hybridized carbons (Fsp3) is 0.824. The molecular formula is C17H28N2O. The van der Waals surface area contributed by atoms with Crippen molar-refractivity contribution in [3.63, 3.8) is 0 Å². The van der Waals surface area contributed by atoms with Gasteiger partial charge in [0.15, 0.2) is 0 Å². The van der Waals surface area contributed by atoms with Crippen LogP contribution in [0.25, 0.3) is 0 Å². The van der Waals surface area contributed by atoms with Gasteiger partial charge < -0.3 is 11.1 Å². The molecule has 0 aromatic heterocycles. The summed E-state index contributed by atoms with van der Waals surface area (Å²) in [6.07, 6.45) is 9.74. The molecule has 4 fully saturated rings. The third kappa shape index (κ3) is 2.30. The summed E-state index contributed by atoms with van der Waals surface area (Å²) >= 11 is 0. The molecule has 4 aliphatic rings. The smallest absolute Gasteiger partial charge is 0.237 e. The molecule has 3 nitrogen and oxygen atoms in total. The van der Waals surface area contributed by atoms with Crippen LogP contribution in [-0.2, 0) is 4.79 Å². The maximum atomic E-state index is 12.3. The number of hydrogen-bond donors (Lipinski definition) is 2. The quantitative estimate of drug-likeness (QED) is 0.776. The lowest BCUT2D eigenvalue weighted by Gasteiger charge is -2.65. The fourth-order valence-electron chi connectivity index (χ4n) is 6.23. The molecule has 3 heteroatoms. The SMILES string of the molecule is C=CCC(N)C(=O)NC12CC3CC(C)(CC(C)(C3)C1)C2. The van der Waals surface area contributed by atoms with E-state index in [1.165, 1.54) is 19.3 Å². The minimum Gasteiger partial charge on any atom is -0.349 e. The van der Waals surface area contributed by atoms with Crippen molar-refractivity contribution in [2.24, 2.45) is 22.5 Å². The summed E-state index contributed by atoms with van der Waals surface area (Å²) < 4.78 is 0. The number of rotatable bonds is 4. The molecule has 4 rings (SSSR count). The van der Waals surface area contributed by atoms with Crippen LogP contribution in [-0.4, -0.2) is 17.5 Å². The Labute approximate surface area is 122 Å². The van der Waals surface area contributed by atoms with Crippen molar-refractivity contribution >= 4 is 5.91 Å². The summed E-state index contributed by atoms with van der Waals surface area (Å²) in [6, 6.07) is -0.443. The normalized spacial score (nSPS) is 47.0. The van der Waals surface area contributed by atoms with Crippen LogP contribution in [0.3, 0.4) is 0 Å². The first kappa shape index (κ1) is 14.1. The molecule has 0 aliphatic heterocycles. The first-order valence-corrected chi connectivity index (χ1v) is 7.96. The highest BCUT2D eigenvalue weighted by molar-refractivity contribution is 5.82. The molecule has 1 amide bonds. The minimum atomic E-state index is -0.443. The minimum absolute atomic E-state index is 0.0127. The number of carbonyl (C=O) groups excluding carboxylic acids is 1. The van der Waals surface area contributed by atoms with Crippen LogP contribution in [0.1, 0.15) is 58.8 Å². The molecular weight excluding hydrogens is 248 g/mol. The fourth-order valence-corrected chi connectivity index (χ4v) is 6.23. The molecule has 3 atom stereocenters. The second-order valence-electron chi connectivity index (χ2n) is 8.53. The summed E-state index contributed by atoms with van der Waals surface area (Å²) in [4.78, 5) is 12.3. The molecule has 4 bridgehead atoms. The molecule has 112 valence electrons. The topological polar surface area (TPSA) is 55.1 Å². The number of carbonyl (C=O) groups is 1. The standard InChI is InChI=1S/C17H28N2O/c1-4-5-13(18)14(20)19-17-8-12-6-15(2,10-17)9-16(3,7-12)11-17/h4,12-13H,1,5-11,18H2,2-3H3,(H,19,20). The van der Waals surface area contributed by atoms with Crippen molar-refractivity contribution in [1.29, 1.82) is 0 Å². The van der Waals surface area contributed by atoms with Gasteiger partial charge in [-0.25, -0.2) is 0 Å². The number of nitrogens with two attached hydrogens (primary N) is 1. The molecule has 0 aromatic rings. The Morgan fingerprint density at radius 1 is 1.30 bits per heavy atom. The van der Waals surface area contributed by atoms with Gasteiger partial charge in [0.25, 0.3) is 0 Å². The summed E-state index contributed by atoms with van der Waals surface area (Å²) in [6.45, 7) is 8.51. The number of nitrogens with one attached hydrogen (secondary N) is 1. The van der Waals surface area contributed by atoms with E-state index in [1.54, 1.807) is 6.08 Å². The van der Waals surface area contributed by atoms with Gasteiger partial charge in [0.05, 0.1) is 6.04 Å². The van der Waals surface area contributed by atoms with Crippen LogP contribution < -0.4 is 11.1 Å². The highest BCUT2D eigenvalue weighted by Gasteiger charge is 2.60. The second-order valence-corrected chi connectivity index (χ2v) is 8.53. The third-order valence-corrected chi connectivity index (χ3v) is 5.77. The first-order valence-electron chi connectivity index (χ1n) is 7.96. The zero-order valence-corrected chi connectivity index (χ0v) is 12.9. The van der Waals surface area contributed by atoms with E-state index < -0.39 is 6.04 Å². The highest BCUT2D eigenvalue weighted by Crippen LogP contribution is 2.66. The van der Waals surface area contributed by atoms with Crippen LogP contribution in [0.15, 0.2) is 12.7 Å². The molecule has 4 saturated carbocycles. The lowest BCUT2D eigenvalue weighted by atomic mass is 9.43. The number of amides is 1. The van der Waals surface area contributed by atoms with Gasteiger partial charge in [0, 0.05) is 5.54 Å². The van der Waals surface area contributed by atoms with Crippen LogP contribution in [0.2, 0.25) is 0 Å². The third-order valence-electron chi connectivity index (χ3n) is 5.77. The average molecular weight is 276 g/mol. The van der Waals surface area contributed by atoms with E-state index in [-0.39, 0.29) is 11.4 Å². The maximum Gasteiger partial charge on any atom is 0.237 e. The maximum absolute atomic E-state index is 12.3. The van der Waals surface area contributed by atoms with Gasteiger partial charge in [-0.05, 0) is 61.7 Å². The van der Waals surface area contributed by atoms with Gasteiger partial charge in [-0.1, -0.05) is 19.9 Å². The van der Waals surface area contributed by atoms with Crippen LogP contribution >= 0.6 is 0 Å². The average Bonchev–Trinajstić information content (AvgIpc) is 2.23. The zero-order chi connectivity index (χ0) is 14.6. The summed E-state index contributed by atoms with van der Waals surface area (Å²) in [5, 5.41) is 3.35. The predicted molar refractivity (Wildman–Crippen MR) is 81.1 cm³/mol. The molecule has 3 unspecified atom stereocenters. The van der Waals surface area contributed by atoms with Crippen molar-refractivity contribution in [3.8, 4) is 0 Å². The van der Waals surface area contributed by atoms with Gasteiger partial charge in [0.2, 0.25) is 5.91 Å². The second kappa shape index (κ2) is 4.33. The Hall–Kier alpha value is -0.830. The summed E-state index contributed by atoms with van der Waals surface area (Å²) in [5.41, 5.74) is 6.79. The summed E-state index contributed by atoms with van der Waals surface area (Å²) in [5.74, 6) is 0.802. The van der Waals surface area contributed by atoms with E-state index in [0.717, 1.165) is 25.2 Å². The van der Waals surface area contributed by atoms with E-state index in [1.807, 2.05) is 0 Å². The van der Waals surface area contributed by atoms with E-state index in [4.69, 9.17) is 5.73 Å². The number of hydrogen-bond acceptors (Lipinski definition) is 2. The van der Waals surface area contributed by atoms with E-state index >= 15 is 0 Å². The molecule has 4 aliphatic carbocycles. The largest absolute Gasteiger partial charge is 0.349 e. The molecule has 0 saturated heterocycles. The van der Waals surface area contributed by atoms with Gasteiger partial charge in [-0.15, -0.1) is 6.58 Å². The summed E-state index contributed by atoms with van der Waals surface area (Å²) in [7, 11) is 0. The van der Waals surface area contributed by atoms with E-state index in [0.29, 0.717) is 17.3 Å². The van der Waals surface area contributed by atoms with E-state index in [9.17, 15) is 4.79 Å². The lowest BCUT2D eigenvalue weighted by molar-refractivity contribution is -0.140.